The maximum Gasteiger partial charge on any atom is 0.309 e. The van der Waals surface area contributed by atoms with Gasteiger partial charge in [-0.05, 0) is 68.6 Å². The van der Waals surface area contributed by atoms with Crippen LogP contribution in [0.15, 0.2) is 0 Å². The molecule has 1 aromatic rings. The minimum absolute atomic E-state index is 0.0118. The Balaban J connectivity index is 1.44. The number of rotatable bonds is 5. The van der Waals surface area contributed by atoms with Crippen molar-refractivity contribution in [1.82, 2.24) is 15.1 Å². The molecule has 6 heteroatoms. The highest BCUT2D eigenvalue weighted by atomic mass is 16.5. The molecule has 33 heavy (non-hydrogen) atoms. The number of nitrogens with zero attached hydrogens (tertiary/aromatic N) is 2. The zero-order chi connectivity index (χ0) is 23.4. The fraction of sp³-hybridized carbons (Fsp3) is 0.815. The maximum absolute atomic E-state index is 13.7. The highest BCUT2D eigenvalue weighted by Crippen LogP contribution is 2.62. The first kappa shape index (κ1) is 22.9. The van der Waals surface area contributed by atoms with Gasteiger partial charge in [-0.25, -0.2) is 0 Å². The van der Waals surface area contributed by atoms with Gasteiger partial charge in [-0.1, -0.05) is 40.0 Å². The van der Waals surface area contributed by atoms with Crippen LogP contribution >= 0.6 is 0 Å². The number of fused-ring (bicyclic) bond motifs is 3. The van der Waals surface area contributed by atoms with Gasteiger partial charge in [0.1, 0.15) is 0 Å². The van der Waals surface area contributed by atoms with Crippen LogP contribution in [0.4, 0.5) is 0 Å². The molecule has 5 rings (SSSR count). The van der Waals surface area contributed by atoms with Gasteiger partial charge in [0.25, 0.3) is 5.91 Å². The van der Waals surface area contributed by atoms with E-state index in [1.165, 1.54) is 38.5 Å². The van der Waals surface area contributed by atoms with Crippen molar-refractivity contribution in [2.24, 2.45) is 22.7 Å². The summed E-state index contributed by atoms with van der Waals surface area (Å²) >= 11 is 0. The van der Waals surface area contributed by atoms with E-state index in [4.69, 9.17) is 9.84 Å². The number of ether oxygens (including phenoxy) is 1. The van der Waals surface area contributed by atoms with Gasteiger partial charge >= 0.3 is 5.97 Å². The summed E-state index contributed by atoms with van der Waals surface area (Å²) in [5.41, 5.74) is 3.09. The summed E-state index contributed by atoms with van der Waals surface area (Å²) in [6, 6.07) is 0.522. The van der Waals surface area contributed by atoms with Crippen LogP contribution in [0.5, 0.6) is 0 Å². The second kappa shape index (κ2) is 8.42. The van der Waals surface area contributed by atoms with E-state index in [9.17, 15) is 9.59 Å². The summed E-state index contributed by atoms with van der Waals surface area (Å²) in [7, 11) is 0. The van der Waals surface area contributed by atoms with E-state index in [0.717, 1.165) is 36.9 Å². The molecule has 3 saturated carbocycles. The SMILES string of the molecule is CCOC(=O)C1CCc2c(C(=O)NC3C4(C)CCC(C4)C3(C)C)nn(C3CCCCC3)c2C1. The zero-order valence-electron chi connectivity index (χ0n) is 20.9. The molecule has 6 nitrogen and oxygen atoms in total. The molecule has 0 aromatic carbocycles. The van der Waals surface area contributed by atoms with Crippen LogP contribution in [0.25, 0.3) is 0 Å². The molecule has 182 valence electrons. The molecule has 4 atom stereocenters. The van der Waals surface area contributed by atoms with E-state index in [-0.39, 0.29) is 34.7 Å². The van der Waals surface area contributed by atoms with Crippen LogP contribution in [0.1, 0.15) is 113 Å². The molecule has 1 aromatic heterocycles. The standard InChI is InChI=1S/C27H41N3O3/c1-5-33-24(32)17-11-12-20-21(15-17)30(19-9-7-6-8-10-19)29-22(20)23(31)28-25-26(2,3)18-13-14-27(25,4)16-18/h17-19,25H,5-16H2,1-4H3,(H,28,31). The molecular weight excluding hydrogens is 414 g/mol. The van der Waals surface area contributed by atoms with E-state index in [0.29, 0.717) is 30.7 Å². The van der Waals surface area contributed by atoms with E-state index in [1.54, 1.807) is 0 Å². The second-order valence-corrected chi connectivity index (χ2v) is 12.0. The predicted molar refractivity (Wildman–Crippen MR) is 127 cm³/mol. The summed E-state index contributed by atoms with van der Waals surface area (Å²) in [6.45, 7) is 9.28. The Hall–Kier alpha value is -1.85. The predicted octanol–water partition coefficient (Wildman–Crippen LogP) is 5.00. The van der Waals surface area contributed by atoms with Crippen LogP contribution in [-0.4, -0.2) is 34.3 Å². The first-order valence-corrected chi connectivity index (χ1v) is 13.3. The number of aromatic nitrogens is 2. The lowest BCUT2D eigenvalue weighted by molar-refractivity contribution is -0.148. The van der Waals surface area contributed by atoms with Crippen LogP contribution < -0.4 is 5.32 Å². The van der Waals surface area contributed by atoms with Gasteiger partial charge in [0.15, 0.2) is 5.69 Å². The lowest BCUT2D eigenvalue weighted by Crippen LogP contribution is -2.52. The van der Waals surface area contributed by atoms with Gasteiger partial charge in [0, 0.05) is 23.7 Å². The minimum Gasteiger partial charge on any atom is -0.466 e. The third kappa shape index (κ3) is 3.81. The Morgan fingerprint density at radius 2 is 1.88 bits per heavy atom. The molecule has 4 aliphatic carbocycles. The van der Waals surface area contributed by atoms with Crippen LogP contribution in [-0.2, 0) is 22.4 Å². The Morgan fingerprint density at radius 3 is 2.55 bits per heavy atom. The van der Waals surface area contributed by atoms with Crippen molar-refractivity contribution < 1.29 is 14.3 Å². The van der Waals surface area contributed by atoms with Gasteiger partial charge in [-0.2, -0.15) is 5.10 Å². The zero-order valence-corrected chi connectivity index (χ0v) is 20.9. The molecule has 1 amide bonds. The first-order chi connectivity index (χ1) is 15.7. The normalized spacial score (nSPS) is 33.0. The largest absolute Gasteiger partial charge is 0.466 e. The van der Waals surface area contributed by atoms with Crippen LogP contribution in [0.3, 0.4) is 0 Å². The second-order valence-electron chi connectivity index (χ2n) is 12.0. The molecular formula is C27H41N3O3. The number of amides is 1. The smallest absolute Gasteiger partial charge is 0.309 e. The third-order valence-electron chi connectivity index (χ3n) is 9.60. The molecule has 1 N–H and O–H groups in total. The molecule has 0 radical (unpaired) electrons. The van der Waals surface area contributed by atoms with Gasteiger partial charge in [-0.3, -0.25) is 14.3 Å². The number of hydrogen-bond acceptors (Lipinski definition) is 4. The van der Waals surface area contributed by atoms with E-state index >= 15 is 0 Å². The van der Waals surface area contributed by atoms with Crippen LogP contribution in [0.2, 0.25) is 0 Å². The summed E-state index contributed by atoms with van der Waals surface area (Å²) in [6.07, 6.45) is 11.7. The summed E-state index contributed by atoms with van der Waals surface area (Å²) < 4.78 is 7.48. The van der Waals surface area contributed by atoms with Crippen molar-refractivity contribution in [3.8, 4) is 0 Å². The van der Waals surface area contributed by atoms with Crippen molar-refractivity contribution in [1.29, 1.82) is 0 Å². The number of carbonyl (C=O) groups excluding carboxylic acids is 2. The molecule has 2 bridgehead atoms. The number of carbonyl (C=O) groups is 2. The Kier molecular flexibility index (Phi) is 5.85. The quantitative estimate of drug-likeness (QED) is 0.634. The first-order valence-electron chi connectivity index (χ1n) is 13.3. The lowest BCUT2D eigenvalue weighted by atomic mass is 9.68. The average molecular weight is 456 g/mol. The summed E-state index contributed by atoms with van der Waals surface area (Å²) in [5.74, 6) is 0.437. The van der Waals surface area contributed by atoms with Crippen molar-refractivity contribution in [3.05, 3.63) is 17.0 Å². The maximum atomic E-state index is 13.7. The third-order valence-corrected chi connectivity index (χ3v) is 9.60. The molecule has 1 heterocycles. The van der Waals surface area contributed by atoms with Crippen LogP contribution in [0, 0.1) is 22.7 Å². The molecule has 3 fully saturated rings. The molecule has 0 aliphatic heterocycles. The minimum atomic E-state index is -0.129. The fourth-order valence-corrected chi connectivity index (χ4v) is 7.77. The number of hydrogen-bond donors (Lipinski definition) is 1. The summed E-state index contributed by atoms with van der Waals surface area (Å²) in [5, 5.41) is 8.45. The molecule has 4 unspecified atom stereocenters. The molecule has 0 spiro atoms. The fourth-order valence-electron chi connectivity index (χ4n) is 7.77. The van der Waals surface area contributed by atoms with Crippen molar-refractivity contribution in [3.63, 3.8) is 0 Å². The highest BCUT2D eigenvalue weighted by Gasteiger charge is 2.59. The van der Waals surface area contributed by atoms with Crippen molar-refractivity contribution in [2.75, 3.05) is 6.61 Å². The number of esters is 1. The number of nitrogens with one attached hydrogen (secondary N) is 1. The Morgan fingerprint density at radius 1 is 1.12 bits per heavy atom. The Bertz CT molecular complexity index is 925. The highest BCUT2D eigenvalue weighted by molar-refractivity contribution is 5.94. The van der Waals surface area contributed by atoms with E-state index in [1.807, 2.05) is 6.92 Å². The van der Waals surface area contributed by atoms with E-state index < -0.39 is 0 Å². The van der Waals surface area contributed by atoms with Gasteiger partial charge in [0.05, 0.1) is 18.6 Å². The van der Waals surface area contributed by atoms with Crippen molar-refractivity contribution >= 4 is 11.9 Å². The van der Waals surface area contributed by atoms with Crippen molar-refractivity contribution in [2.45, 2.75) is 110 Å². The Labute approximate surface area is 198 Å². The monoisotopic (exact) mass is 455 g/mol. The van der Waals surface area contributed by atoms with Gasteiger partial charge < -0.3 is 10.1 Å². The molecule has 4 aliphatic rings. The van der Waals surface area contributed by atoms with Gasteiger partial charge in [-0.15, -0.1) is 0 Å². The van der Waals surface area contributed by atoms with Gasteiger partial charge in [0.2, 0.25) is 0 Å². The average Bonchev–Trinajstić information content (AvgIpc) is 3.44. The van der Waals surface area contributed by atoms with E-state index in [2.05, 4.69) is 30.8 Å². The summed E-state index contributed by atoms with van der Waals surface area (Å²) in [4.78, 5) is 26.2. The molecule has 0 saturated heterocycles. The topological polar surface area (TPSA) is 73.2 Å². The lowest BCUT2D eigenvalue weighted by Gasteiger charge is -2.43.